The minimum atomic E-state index is -4.87. The first kappa shape index (κ1) is 21.7. The van der Waals surface area contributed by atoms with Gasteiger partial charge in [-0.25, -0.2) is 9.97 Å². The van der Waals surface area contributed by atoms with E-state index in [4.69, 9.17) is 17.3 Å². The number of amides is 1. The largest absolute Gasteiger partial charge is 0.573 e. The van der Waals surface area contributed by atoms with E-state index in [1.54, 1.807) is 36.7 Å². The van der Waals surface area contributed by atoms with Crippen molar-refractivity contribution >= 4 is 40.8 Å². The van der Waals surface area contributed by atoms with Crippen LogP contribution in [0.1, 0.15) is 15.9 Å². The standard InChI is InChI=1S/C19H14ClF3N4O2S/c20-14-9-12(3-4-15(14)29-19(21,22)23)27-17(28)13-2-1-6-26-18(13)30-10-11-5-7-25-16(24)8-11/h1-9H,10H2,(H2,24,25)(H,27,28). The average molecular weight is 455 g/mol. The molecule has 0 aliphatic rings. The van der Waals surface area contributed by atoms with E-state index in [1.807, 2.05) is 0 Å². The molecule has 0 unspecified atom stereocenters. The van der Waals surface area contributed by atoms with Crippen LogP contribution in [0.4, 0.5) is 24.7 Å². The maximum absolute atomic E-state index is 12.7. The fourth-order valence-corrected chi connectivity index (χ4v) is 3.55. The van der Waals surface area contributed by atoms with E-state index >= 15 is 0 Å². The molecule has 11 heteroatoms. The molecule has 0 bridgehead atoms. The number of nitrogen functional groups attached to an aromatic ring is 1. The van der Waals surface area contributed by atoms with Gasteiger partial charge in [0.25, 0.3) is 5.91 Å². The molecule has 0 fully saturated rings. The molecular formula is C19H14ClF3N4O2S. The topological polar surface area (TPSA) is 90.1 Å². The summed E-state index contributed by atoms with van der Waals surface area (Å²) < 4.78 is 40.8. The molecule has 0 saturated heterocycles. The molecule has 2 aromatic heterocycles. The van der Waals surface area contributed by atoms with E-state index < -0.39 is 18.0 Å². The molecule has 2 heterocycles. The number of nitrogens with one attached hydrogen (secondary N) is 1. The molecule has 0 aliphatic carbocycles. The second kappa shape index (κ2) is 9.23. The Bertz CT molecular complexity index is 1070. The van der Waals surface area contributed by atoms with Gasteiger partial charge in [-0.15, -0.1) is 24.9 Å². The van der Waals surface area contributed by atoms with Crippen LogP contribution in [0.25, 0.3) is 0 Å². The second-order valence-electron chi connectivity index (χ2n) is 5.88. The molecule has 3 N–H and O–H groups in total. The van der Waals surface area contributed by atoms with Crippen LogP contribution >= 0.6 is 23.4 Å². The molecule has 1 amide bonds. The smallest absolute Gasteiger partial charge is 0.404 e. The lowest BCUT2D eigenvalue weighted by Crippen LogP contribution is -2.17. The molecule has 3 rings (SSSR count). The van der Waals surface area contributed by atoms with Gasteiger partial charge in [0.1, 0.15) is 16.6 Å². The summed E-state index contributed by atoms with van der Waals surface area (Å²) in [6.45, 7) is 0. The van der Waals surface area contributed by atoms with Crippen molar-refractivity contribution in [2.75, 3.05) is 11.1 Å². The summed E-state index contributed by atoms with van der Waals surface area (Å²) in [6, 6.07) is 10.2. The number of ether oxygens (including phenoxy) is 1. The number of benzene rings is 1. The number of alkyl halides is 3. The van der Waals surface area contributed by atoms with E-state index in [0.717, 1.165) is 11.6 Å². The van der Waals surface area contributed by atoms with Crippen molar-refractivity contribution in [2.24, 2.45) is 0 Å². The summed E-state index contributed by atoms with van der Waals surface area (Å²) >= 11 is 7.15. The Labute approximate surface area is 178 Å². The monoisotopic (exact) mass is 454 g/mol. The SMILES string of the molecule is Nc1cc(CSc2ncccc2C(=O)Nc2ccc(OC(F)(F)F)c(Cl)c2)ccn1. The molecule has 1 aromatic carbocycles. The summed E-state index contributed by atoms with van der Waals surface area (Å²) in [4.78, 5) is 20.8. The Kier molecular flexibility index (Phi) is 6.68. The lowest BCUT2D eigenvalue weighted by molar-refractivity contribution is -0.274. The number of carbonyl (C=O) groups excluding carboxylic acids is 1. The van der Waals surface area contributed by atoms with Gasteiger partial charge in [0, 0.05) is 23.8 Å². The molecule has 0 aliphatic heterocycles. The van der Waals surface area contributed by atoms with Crippen LogP contribution in [0.2, 0.25) is 5.02 Å². The summed E-state index contributed by atoms with van der Waals surface area (Å²) in [5.41, 5.74) is 7.09. The number of nitrogens with zero attached hydrogens (tertiary/aromatic N) is 2. The Morgan fingerprint density at radius 2 is 1.97 bits per heavy atom. The zero-order valence-corrected chi connectivity index (χ0v) is 16.7. The minimum absolute atomic E-state index is 0.209. The van der Waals surface area contributed by atoms with E-state index in [9.17, 15) is 18.0 Å². The first-order valence-electron chi connectivity index (χ1n) is 8.36. The summed E-state index contributed by atoms with van der Waals surface area (Å²) in [5, 5.41) is 2.78. The van der Waals surface area contributed by atoms with Gasteiger partial charge < -0.3 is 15.8 Å². The third-order valence-corrected chi connectivity index (χ3v) is 5.02. The normalized spacial score (nSPS) is 11.2. The first-order valence-corrected chi connectivity index (χ1v) is 9.72. The first-order chi connectivity index (χ1) is 14.2. The second-order valence-corrected chi connectivity index (χ2v) is 7.25. The third kappa shape index (κ3) is 6.01. The van der Waals surface area contributed by atoms with Crippen molar-refractivity contribution in [2.45, 2.75) is 17.1 Å². The maximum Gasteiger partial charge on any atom is 0.573 e. The molecule has 30 heavy (non-hydrogen) atoms. The predicted molar refractivity (Wildman–Crippen MR) is 109 cm³/mol. The van der Waals surface area contributed by atoms with E-state index in [1.165, 1.54) is 23.9 Å². The maximum atomic E-state index is 12.7. The highest BCUT2D eigenvalue weighted by molar-refractivity contribution is 7.98. The number of halogens is 4. The summed E-state index contributed by atoms with van der Waals surface area (Å²) in [5.74, 6) is -0.141. The molecule has 0 spiro atoms. The van der Waals surface area contributed by atoms with Crippen LogP contribution in [-0.4, -0.2) is 22.2 Å². The number of hydrogen-bond donors (Lipinski definition) is 2. The van der Waals surface area contributed by atoms with E-state index in [0.29, 0.717) is 22.2 Å². The highest BCUT2D eigenvalue weighted by Crippen LogP contribution is 2.32. The zero-order valence-electron chi connectivity index (χ0n) is 15.1. The average Bonchev–Trinajstić information content (AvgIpc) is 2.68. The van der Waals surface area contributed by atoms with Gasteiger partial charge in [0.2, 0.25) is 0 Å². The number of thioether (sulfide) groups is 1. The molecule has 156 valence electrons. The van der Waals surface area contributed by atoms with Crippen molar-refractivity contribution in [3.63, 3.8) is 0 Å². The Hall–Kier alpha value is -2.98. The minimum Gasteiger partial charge on any atom is -0.404 e. The molecule has 3 aromatic rings. The van der Waals surface area contributed by atoms with Gasteiger partial charge in [0.05, 0.1) is 10.6 Å². The highest BCUT2D eigenvalue weighted by Gasteiger charge is 2.32. The van der Waals surface area contributed by atoms with Gasteiger partial charge in [-0.1, -0.05) is 11.6 Å². The van der Waals surface area contributed by atoms with Crippen LogP contribution in [0.15, 0.2) is 59.9 Å². The van der Waals surface area contributed by atoms with Gasteiger partial charge in [-0.05, 0) is 48.0 Å². The van der Waals surface area contributed by atoms with Crippen molar-refractivity contribution in [1.29, 1.82) is 0 Å². The Morgan fingerprint density at radius 3 is 2.67 bits per heavy atom. The van der Waals surface area contributed by atoms with Crippen LogP contribution in [0, 0.1) is 0 Å². The molecule has 0 atom stereocenters. The van der Waals surface area contributed by atoms with Crippen LogP contribution in [0.5, 0.6) is 5.75 Å². The van der Waals surface area contributed by atoms with Crippen molar-refractivity contribution in [1.82, 2.24) is 9.97 Å². The Morgan fingerprint density at radius 1 is 1.17 bits per heavy atom. The van der Waals surface area contributed by atoms with Crippen LogP contribution < -0.4 is 15.8 Å². The van der Waals surface area contributed by atoms with E-state index in [2.05, 4.69) is 20.0 Å². The third-order valence-electron chi connectivity index (χ3n) is 3.65. The number of anilines is 2. The zero-order chi connectivity index (χ0) is 21.7. The van der Waals surface area contributed by atoms with Gasteiger partial charge in [-0.2, -0.15) is 0 Å². The highest BCUT2D eigenvalue weighted by atomic mass is 35.5. The van der Waals surface area contributed by atoms with Gasteiger partial charge in [-0.3, -0.25) is 4.79 Å². The van der Waals surface area contributed by atoms with Gasteiger partial charge >= 0.3 is 6.36 Å². The lowest BCUT2D eigenvalue weighted by atomic mass is 10.2. The van der Waals surface area contributed by atoms with E-state index in [-0.39, 0.29) is 10.7 Å². The number of nitrogens with two attached hydrogens (primary N) is 1. The number of hydrogen-bond acceptors (Lipinski definition) is 6. The number of aromatic nitrogens is 2. The number of rotatable bonds is 6. The molecule has 0 radical (unpaired) electrons. The number of carbonyl (C=O) groups is 1. The fraction of sp³-hybridized carbons (Fsp3) is 0.105. The van der Waals surface area contributed by atoms with Crippen LogP contribution in [0.3, 0.4) is 0 Å². The predicted octanol–water partition coefficient (Wildman–Crippen LogP) is 5.16. The quantitative estimate of drug-likeness (QED) is 0.500. The Balaban J connectivity index is 1.72. The van der Waals surface area contributed by atoms with Crippen LogP contribution in [-0.2, 0) is 5.75 Å². The molecule has 6 nitrogen and oxygen atoms in total. The number of pyridine rings is 2. The summed E-state index contributed by atoms with van der Waals surface area (Å²) in [6.07, 6.45) is -1.72. The lowest BCUT2D eigenvalue weighted by Gasteiger charge is -2.12. The van der Waals surface area contributed by atoms with Crippen molar-refractivity contribution < 1.29 is 22.7 Å². The van der Waals surface area contributed by atoms with Gasteiger partial charge in [0.15, 0.2) is 0 Å². The molecule has 0 saturated carbocycles. The fourth-order valence-electron chi connectivity index (χ4n) is 2.40. The summed E-state index contributed by atoms with van der Waals surface area (Å²) in [7, 11) is 0. The van der Waals surface area contributed by atoms with Crippen molar-refractivity contribution in [3.05, 3.63) is 71.0 Å². The molecular weight excluding hydrogens is 441 g/mol. The van der Waals surface area contributed by atoms with Crippen molar-refractivity contribution in [3.8, 4) is 5.75 Å².